The lowest BCUT2D eigenvalue weighted by atomic mass is 9.58. The molecule has 2 heterocycles. The van der Waals surface area contributed by atoms with Crippen LogP contribution in [0.25, 0.3) is 5.57 Å². The number of nitrogens with one attached hydrogen (secondary N) is 1. The van der Waals surface area contributed by atoms with E-state index in [4.69, 9.17) is 0 Å². The number of benzene rings is 2. The maximum atomic E-state index is 14.8. The molecule has 1 aliphatic carbocycles. The molecule has 2 aliphatic heterocycles. The first-order valence-electron chi connectivity index (χ1n) is 16.9. The molecule has 3 atom stereocenters. The number of aromatic carboxylic acids is 1. The van der Waals surface area contributed by atoms with Gasteiger partial charge in [-0.2, -0.15) is 0 Å². The molecule has 0 saturated carbocycles. The zero-order valence-corrected chi connectivity index (χ0v) is 28.6. The van der Waals surface area contributed by atoms with Gasteiger partial charge in [-0.25, -0.2) is 4.79 Å². The van der Waals surface area contributed by atoms with Gasteiger partial charge in [0.05, 0.1) is 11.0 Å². The molecule has 8 nitrogen and oxygen atoms in total. The number of fused-ring (bicyclic) bond motifs is 1. The van der Waals surface area contributed by atoms with Crippen LogP contribution in [-0.2, 0) is 19.8 Å². The van der Waals surface area contributed by atoms with E-state index in [1.54, 1.807) is 12.1 Å². The van der Waals surface area contributed by atoms with E-state index in [-0.39, 0.29) is 40.0 Å². The third-order valence-corrected chi connectivity index (χ3v) is 11.0. The maximum absolute atomic E-state index is 14.8. The standard InChI is InChI=1S/C39H49N3O5/c1-7-26(2)33(40-27(3)43)34(44)41-23-20-39(21-24-41,30-11-9-8-10-12-30)36(47)42-22-18-32-37(4,5)31(17-19-38(32,6)25-42)28-13-15-29(16-14-28)35(45)46/h8-18,26,33H,7,19-25H2,1-6H3,(H,40,43)(H,45,46)/t26-,33-,38+/m0/s1. The summed E-state index contributed by atoms with van der Waals surface area (Å²) in [5, 5.41) is 12.2. The van der Waals surface area contributed by atoms with Crippen molar-refractivity contribution in [1.82, 2.24) is 15.1 Å². The Bertz CT molecular complexity index is 1580. The monoisotopic (exact) mass is 639 g/mol. The molecule has 3 aliphatic rings. The van der Waals surface area contributed by atoms with Gasteiger partial charge in [0, 0.05) is 43.9 Å². The van der Waals surface area contributed by atoms with Gasteiger partial charge in [-0.05, 0) is 54.0 Å². The fraction of sp³-hybridized carbons (Fsp3) is 0.487. The van der Waals surface area contributed by atoms with Crippen molar-refractivity contribution in [3.63, 3.8) is 0 Å². The first-order chi connectivity index (χ1) is 22.2. The first-order valence-corrected chi connectivity index (χ1v) is 16.9. The van der Waals surface area contributed by atoms with Crippen LogP contribution in [0.5, 0.6) is 0 Å². The number of carbonyl (C=O) groups excluding carboxylic acids is 3. The summed E-state index contributed by atoms with van der Waals surface area (Å²) in [7, 11) is 0. The van der Waals surface area contributed by atoms with Crippen LogP contribution in [0.4, 0.5) is 0 Å². The van der Waals surface area contributed by atoms with E-state index in [2.05, 4.69) is 38.2 Å². The lowest BCUT2D eigenvalue weighted by Gasteiger charge is -2.52. The Morgan fingerprint density at radius 3 is 2.13 bits per heavy atom. The van der Waals surface area contributed by atoms with E-state index in [1.807, 2.05) is 66.1 Å². The molecule has 0 unspecified atom stereocenters. The largest absolute Gasteiger partial charge is 0.478 e. The number of rotatable bonds is 8. The van der Waals surface area contributed by atoms with E-state index in [0.717, 1.165) is 24.0 Å². The van der Waals surface area contributed by atoms with Crippen LogP contribution in [0.1, 0.15) is 88.7 Å². The van der Waals surface area contributed by atoms with Crippen LogP contribution in [0.3, 0.4) is 0 Å². The van der Waals surface area contributed by atoms with Crippen molar-refractivity contribution in [2.45, 2.75) is 78.7 Å². The molecule has 2 aromatic rings. The number of carboxylic acid groups (broad SMARTS) is 1. The van der Waals surface area contributed by atoms with Gasteiger partial charge in [-0.1, -0.05) is 101 Å². The van der Waals surface area contributed by atoms with Crippen LogP contribution in [-0.4, -0.2) is 70.8 Å². The predicted molar refractivity (Wildman–Crippen MR) is 184 cm³/mol. The third kappa shape index (κ3) is 6.39. The highest BCUT2D eigenvalue weighted by molar-refractivity contribution is 5.91. The van der Waals surface area contributed by atoms with Gasteiger partial charge in [0.2, 0.25) is 17.7 Å². The van der Waals surface area contributed by atoms with Crippen molar-refractivity contribution in [2.24, 2.45) is 16.7 Å². The van der Waals surface area contributed by atoms with Crippen LogP contribution in [0, 0.1) is 16.7 Å². The Morgan fingerprint density at radius 1 is 0.915 bits per heavy atom. The van der Waals surface area contributed by atoms with Gasteiger partial charge in [0.15, 0.2) is 0 Å². The Labute approximate surface area is 278 Å². The van der Waals surface area contributed by atoms with Crippen molar-refractivity contribution >= 4 is 29.3 Å². The number of allylic oxidation sites excluding steroid dienone is 2. The van der Waals surface area contributed by atoms with Crippen LogP contribution in [0.15, 0.2) is 72.3 Å². The molecule has 3 amide bonds. The Morgan fingerprint density at radius 2 is 1.55 bits per heavy atom. The zero-order valence-electron chi connectivity index (χ0n) is 28.6. The lowest BCUT2D eigenvalue weighted by molar-refractivity contribution is -0.145. The van der Waals surface area contributed by atoms with Crippen molar-refractivity contribution in [3.05, 3.63) is 89.0 Å². The second-order valence-corrected chi connectivity index (χ2v) is 14.5. The Kier molecular flexibility index (Phi) is 9.54. The van der Waals surface area contributed by atoms with E-state index in [0.29, 0.717) is 39.0 Å². The molecular weight excluding hydrogens is 590 g/mol. The van der Waals surface area contributed by atoms with Crippen molar-refractivity contribution in [3.8, 4) is 0 Å². The lowest BCUT2D eigenvalue weighted by Crippen LogP contribution is -2.59. The normalized spacial score (nSPS) is 23.0. The molecule has 0 bridgehead atoms. The van der Waals surface area contributed by atoms with E-state index in [1.165, 1.54) is 18.1 Å². The van der Waals surface area contributed by atoms with E-state index >= 15 is 0 Å². The predicted octanol–water partition coefficient (Wildman–Crippen LogP) is 6.08. The number of carboxylic acids is 1. The number of nitrogens with zero attached hydrogens (tertiary/aromatic N) is 2. The number of hydrogen-bond acceptors (Lipinski definition) is 4. The average molecular weight is 640 g/mol. The molecule has 1 saturated heterocycles. The highest BCUT2D eigenvalue weighted by Crippen LogP contribution is 2.55. The smallest absolute Gasteiger partial charge is 0.335 e. The summed E-state index contributed by atoms with van der Waals surface area (Å²) < 4.78 is 0. The van der Waals surface area contributed by atoms with Crippen molar-refractivity contribution < 1.29 is 24.3 Å². The molecule has 2 aromatic carbocycles. The topological polar surface area (TPSA) is 107 Å². The summed E-state index contributed by atoms with van der Waals surface area (Å²) in [4.78, 5) is 55.7. The number of piperidine rings is 1. The van der Waals surface area contributed by atoms with Gasteiger partial charge < -0.3 is 20.2 Å². The van der Waals surface area contributed by atoms with Crippen LogP contribution in [0.2, 0.25) is 0 Å². The summed E-state index contributed by atoms with van der Waals surface area (Å²) in [5.74, 6) is -1.13. The molecule has 5 rings (SSSR count). The fourth-order valence-electron chi connectivity index (χ4n) is 8.25. The second-order valence-electron chi connectivity index (χ2n) is 14.5. The van der Waals surface area contributed by atoms with Crippen molar-refractivity contribution in [1.29, 1.82) is 0 Å². The number of likely N-dealkylation sites (tertiary alicyclic amines) is 1. The van der Waals surface area contributed by atoms with Gasteiger partial charge in [-0.3, -0.25) is 14.4 Å². The minimum Gasteiger partial charge on any atom is -0.478 e. The van der Waals surface area contributed by atoms with Crippen molar-refractivity contribution in [2.75, 3.05) is 26.2 Å². The van der Waals surface area contributed by atoms with E-state index in [9.17, 15) is 24.3 Å². The first kappa shape index (κ1) is 34.1. The fourth-order valence-corrected chi connectivity index (χ4v) is 8.25. The Hall–Kier alpha value is -4.20. The molecule has 0 aromatic heterocycles. The second kappa shape index (κ2) is 13.1. The average Bonchev–Trinajstić information content (AvgIpc) is 3.06. The van der Waals surface area contributed by atoms with Crippen LogP contribution >= 0.6 is 0 Å². The summed E-state index contributed by atoms with van der Waals surface area (Å²) in [6.45, 7) is 14.1. The number of carbonyl (C=O) groups is 4. The number of amides is 3. The quantitative estimate of drug-likeness (QED) is 0.341. The van der Waals surface area contributed by atoms with Gasteiger partial charge in [-0.15, -0.1) is 0 Å². The van der Waals surface area contributed by atoms with Gasteiger partial charge >= 0.3 is 5.97 Å². The molecule has 1 fully saturated rings. The third-order valence-electron chi connectivity index (χ3n) is 11.0. The summed E-state index contributed by atoms with van der Waals surface area (Å²) >= 11 is 0. The molecule has 8 heteroatoms. The molecular formula is C39H49N3O5. The minimum atomic E-state index is -0.938. The molecule has 0 radical (unpaired) electrons. The minimum absolute atomic E-state index is 0.00216. The highest BCUT2D eigenvalue weighted by Gasteiger charge is 2.51. The molecule has 47 heavy (non-hydrogen) atoms. The summed E-state index contributed by atoms with van der Waals surface area (Å²) in [6, 6.07) is 16.5. The van der Waals surface area contributed by atoms with Gasteiger partial charge in [0.1, 0.15) is 6.04 Å². The maximum Gasteiger partial charge on any atom is 0.335 e. The van der Waals surface area contributed by atoms with E-state index < -0.39 is 17.4 Å². The highest BCUT2D eigenvalue weighted by atomic mass is 16.4. The molecule has 250 valence electrons. The number of hydrogen-bond donors (Lipinski definition) is 2. The molecule has 0 spiro atoms. The summed E-state index contributed by atoms with van der Waals surface area (Å²) in [6.07, 6.45) is 7.07. The van der Waals surface area contributed by atoms with Crippen LogP contribution < -0.4 is 5.32 Å². The Balaban J connectivity index is 1.39. The summed E-state index contributed by atoms with van der Waals surface area (Å²) in [5.41, 5.74) is 3.44. The molecule has 2 N–H and O–H groups in total. The van der Waals surface area contributed by atoms with Gasteiger partial charge in [0.25, 0.3) is 0 Å². The SMILES string of the molecule is CC[C@H](C)[C@H](NC(C)=O)C(=O)N1CCC(C(=O)N2CC=C3C(C)(C)C(c4ccc(C(=O)O)cc4)=CC[C@]3(C)C2)(c2ccccc2)CC1. The zero-order chi connectivity index (χ0) is 34.1.